The fourth-order valence-corrected chi connectivity index (χ4v) is 3.45. The number of rotatable bonds is 8. The highest BCUT2D eigenvalue weighted by Crippen LogP contribution is 2.26. The molecule has 26 heavy (non-hydrogen) atoms. The van der Waals surface area contributed by atoms with E-state index in [0.717, 1.165) is 44.5 Å². The Morgan fingerprint density at radius 2 is 1.77 bits per heavy atom. The lowest BCUT2D eigenvalue weighted by molar-refractivity contribution is -0.132. The van der Waals surface area contributed by atoms with E-state index in [1.807, 2.05) is 44.2 Å². The fourth-order valence-electron chi connectivity index (χ4n) is 3.45. The zero-order valence-electron chi connectivity index (χ0n) is 16.0. The first-order valence-electron chi connectivity index (χ1n) is 9.61. The van der Waals surface area contributed by atoms with Crippen LogP contribution in [0, 0.1) is 5.41 Å². The molecule has 1 aromatic carbocycles. The number of amides is 2. The highest BCUT2D eigenvalue weighted by atomic mass is 16.2. The Bertz CT molecular complexity index is 570. The van der Waals surface area contributed by atoms with E-state index in [9.17, 15) is 9.59 Å². The summed E-state index contributed by atoms with van der Waals surface area (Å²) >= 11 is 0. The summed E-state index contributed by atoms with van der Waals surface area (Å²) in [6, 6.07) is 9.65. The Labute approximate surface area is 156 Å². The van der Waals surface area contributed by atoms with Gasteiger partial charge in [-0.2, -0.15) is 0 Å². The second-order valence-electron chi connectivity index (χ2n) is 7.13. The molecule has 2 amide bonds. The van der Waals surface area contributed by atoms with Gasteiger partial charge in [0.25, 0.3) is 0 Å². The Hall–Kier alpha value is -1.92. The van der Waals surface area contributed by atoms with Gasteiger partial charge < -0.3 is 16.4 Å². The minimum absolute atomic E-state index is 0.00204. The van der Waals surface area contributed by atoms with Crippen molar-refractivity contribution in [3.8, 4) is 0 Å². The smallest absolute Gasteiger partial charge is 0.238 e. The lowest BCUT2D eigenvalue weighted by Crippen LogP contribution is -2.52. The number of para-hydroxylation sites is 1. The maximum absolute atomic E-state index is 12.6. The molecule has 1 saturated heterocycles. The molecule has 0 atom stereocenters. The Balaban J connectivity index is 1.76. The van der Waals surface area contributed by atoms with Crippen LogP contribution in [0.15, 0.2) is 30.3 Å². The summed E-state index contributed by atoms with van der Waals surface area (Å²) in [5.41, 5.74) is 6.23. The zero-order valence-corrected chi connectivity index (χ0v) is 16.0. The van der Waals surface area contributed by atoms with Gasteiger partial charge in [0.05, 0.1) is 12.0 Å². The van der Waals surface area contributed by atoms with E-state index in [-0.39, 0.29) is 17.9 Å². The number of benzene rings is 1. The van der Waals surface area contributed by atoms with Crippen molar-refractivity contribution in [3.05, 3.63) is 30.3 Å². The first-order chi connectivity index (χ1) is 12.5. The summed E-state index contributed by atoms with van der Waals surface area (Å²) in [6.45, 7) is 6.41. The minimum atomic E-state index is -0.452. The van der Waals surface area contributed by atoms with Gasteiger partial charge >= 0.3 is 0 Å². The SMILES string of the molecule is CCC(CC)(CN)C(=O)NC1CCN(CC(=O)Nc2ccccc2)CC1. The molecule has 4 N–H and O–H groups in total. The van der Waals surface area contributed by atoms with E-state index in [4.69, 9.17) is 5.73 Å². The summed E-state index contributed by atoms with van der Waals surface area (Å²) < 4.78 is 0. The van der Waals surface area contributed by atoms with E-state index >= 15 is 0 Å². The second kappa shape index (κ2) is 9.69. The number of nitrogens with two attached hydrogens (primary N) is 1. The van der Waals surface area contributed by atoms with Crippen molar-refractivity contribution in [1.82, 2.24) is 10.2 Å². The molecule has 0 saturated carbocycles. The molecule has 1 aliphatic rings. The lowest BCUT2D eigenvalue weighted by Gasteiger charge is -2.35. The average Bonchev–Trinajstić information content (AvgIpc) is 2.66. The molecule has 1 fully saturated rings. The predicted molar refractivity (Wildman–Crippen MR) is 105 cm³/mol. The minimum Gasteiger partial charge on any atom is -0.353 e. The monoisotopic (exact) mass is 360 g/mol. The molecule has 144 valence electrons. The molecular weight excluding hydrogens is 328 g/mol. The van der Waals surface area contributed by atoms with Gasteiger partial charge in [0.2, 0.25) is 11.8 Å². The van der Waals surface area contributed by atoms with E-state index in [1.54, 1.807) is 0 Å². The number of nitrogens with zero attached hydrogens (tertiary/aromatic N) is 1. The first kappa shape index (κ1) is 20.4. The normalized spacial score (nSPS) is 16.3. The van der Waals surface area contributed by atoms with Crippen LogP contribution in [0.3, 0.4) is 0 Å². The van der Waals surface area contributed by atoms with E-state index in [1.165, 1.54) is 0 Å². The fraction of sp³-hybridized carbons (Fsp3) is 0.600. The lowest BCUT2D eigenvalue weighted by atomic mass is 9.81. The largest absolute Gasteiger partial charge is 0.353 e. The Morgan fingerprint density at radius 3 is 2.31 bits per heavy atom. The molecule has 0 aromatic heterocycles. The maximum Gasteiger partial charge on any atom is 0.238 e. The summed E-state index contributed by atoms with van der Waals surface area (Å²) in [4.78, 5) is 26.9. The van der Waals surface area contributed by atoms with Gasteiger partial charge in [0.15, 0.2) is 0 Å². The number of hydrogen-bond donors (Lipinski definition) is 3. The standard InChI is InChI=1S/C20H32N4O2/c1-3-20(4-2,15-21)19(26)23-17-10-12-24(13-11-17)14-18(25)22-16-8-6-5-7-9-16/h5-9,17H,3-4,10-15,21H2,1-2H3,(H,22,25)(H,23,26). The summed E-state index contributed by atoms with van der Waals surface area (Å²) in [5, 5.41) is 6.09. The molecule has 0 spiro atoms. The van der Waals surface area contributed by atoms with Crippen LogP contribution in [0.25, 0.3) is 0 Å². The van der Waals surface area contributed by atoms with Crippen molar-refractivity contribution in [2.75, 3.05) is 31.5 Å². The van der Waals surface area contributed by atoms with Crippen LogP contribution in [0.1, 0.15) is 39.5 Å². The number of likely N-dealkylation sites (tertiary alicyclic amines) is 1. The molecule has 6 heteroatoms. The third-order valence-corrected chi connectivity index (χ3v) is 5.57. The molecule has 1 aromatic rings. The number of nitrogens with one attached hydrogen (secondary N) is 2. The van der Waals surface area contributed by atoms with Crippen molar-refractivity contribution in [2.45, 2.75) is 45.6 Å². The number of anilines is 1. The highest BCUT2D eigenvalue weighted by Gasteiger charge is 2.35. The van der Waals surface area contributed by atoms with Gasteiger partial charge in [-0.15, -0.1) is 0 Å². The maximum atomic E-state index is 12.6. The summed E-state index contributed by atoms with van der Waals surface area (Å²) in [5.74, 6) is 0.0723. The Morgan fingerprint density at radius 1 is 1.15 bits per heavy atom. The molecule has 0 radical (unpaired) electrons. The molecule has 0 bridgehead atoms. The highest BCUT2D eigenvalue weighted by molar-refractivity contribution is 5.92. The van der Waals surface area contributed by atoms with Gasteiger partial charge in [-0.25, -0.2) is 0 Å². The Kier molecular flexibility index (Phi) is 7.60. The van der Waals surface area contributed by atoms with Crippen LogP contribution in [-0.2, 0) is 9.59 Å². The molecule has 0 unspecified atom stereocenters. The molecule has 2 rings (SSSR count). The van der Waals surface area contributed by atoms with Gasteiger partial charge in [-0.1, -0.05) is 32.0 Å². The number of carbonyl (C=O) groups is 2. The summed E-state index contributed by atoms with van der Waals surface area (Å²) in [7, 11) is 0. The van der Waals surface area contributed by atoms with Crippen LogP contribution >= 0.6 is 0 Å². The number of hydrogen-bond acceptors (Lipinski definition) is 4. The predicted octanol–water partition coefficient (Wildman–Crippen LogP) is 1.97. The van der Waals surface area contributed by atoms with Crippen molar-refractivity contribution in [2.24, 2.45) is 11.1 Å². The van der Waals surface area contributed by atoms with Crippen LogP contribution in [0.4, 0.5) is 5.69 Å². The van der Waals surface area contributed by atoms with Crippen LogP contribution in [-0.4, -0.2) is 48.9 Å². The quantitative estimate of drug-likeness (QED) is 0.661. The van der Waals surface area contributed by atoms with Crippen molar-refractivity contribution in [1.29, 1.82) is 0 Å². The number of piperidine rings is 1. The molecule has 6 nitrogen and oxygen atoms in total. The van der Waals surface area contributed by atoms with Gasteiger partial charge in [0, 0.05) is 31.4 Å². The van der Waals surface area contributed by atoms with Crippen molar-refractivity contribution >= 4 is 17.5 Å². The number of carbonyl (C=O) groups excluding carboxylic acids is 2. The second-order valence-corrected chi connectivity index (χ2v) is 7.13. The summed E-state index contributed by atoms with van der Waals surface area (Å²) in [6.07, 6.45) is 3.23. The molecule has 0 aliphatic carbocycles. The van der Waals surface area contributed by atoms with E-state index in [0.29, 0.717) is 13.1 Å². The zero-order chi connectivity index (χ0) is 19.0. The molecule has 1 heterocycles. The third-order valence-electron chi connectivity index (χ3n) is 5.57. The topological polar surface area (TPSA) is 87.5 Å². The van der Waals surface area contributed by atoms with Crippen molar-refractivity contribution < 1.29 is 9.59 Å². The molecule has 1 aliphatic heterocycles. The van der Waals surface area contributed by atoms with E-state index < -0.39 is 5.41 Å². The van der Waals surface area contributed by atoms with E-state index in [2.05, 4.69) is 15.5 Å². The van der Waals surface area contributed by atoms with Crippen LogP contribution in [0.2, 0.25) is 0 Å². The molecular formula is C20H32N4O2. The third kappa shape index (κ3) is 5.29. The van der Waals surface area contributed by atoms with Gasteiger partial charge in [-0.05, 0) is 37.8 Å². The van der Waals surface area contributed by atoms with Crippen molar-refractivity contribution in [3.63, 3.8) is 0 Å². The average molecular weight is 361 g/mol. The van der Waals surface area contributed by atoms with Gasteiger partial charge in [-0.3, -0.25) is 14.5 Å². The first-order valence-corrected chi connectivity index (χ1v) is 9.61. The van der Waals surface area contributed by atoms with Crippen LogP contribution in [0.5, 0.6) is 0 Å². The van der Waals surface area contributed by atoms with Gasteiger partial charge in [0.1, 0.15) is 0 Å². The van der Waals surface area contributed by atoms with Crippen LogP contribution < -0.4 is 16.4 Å².